The molecule has 2 rings (SSSR count). The number of rotatable bonds is 4. The molecule has 0 aliphatic carbocycles. The van der Waals surface area contributed by atoms with Gasteiger partial charge in [-0.3, -0.25) is 9.36 Å². The van der Waals surface area contributed by atoms with Gasteiger partial charge in [0.1, 0.15) is 5.69 Å². The number of nitrogens with zero attached hydrogens (tertiary/aromatic N) is 3. The minimum atomic E-state index is -5.01. The number of anilines is 1. The fourth-order valence-electron chi connectivity index (χ4n) is 2.56. The highest BCUT2D eigenvalue weighted by Crippen LogP contribution is 2.36. The molecule has 1 aromatic heterocycles. The van der Waals surface area contributed by atoms with E-state index in [4.69, 9.17) is 23.2 Å². The molecule has 30 heavy (non-hydrogen) atoms. The van der Waals surface area contributed by atoms with Gasteiger partial charge in [-0.2, -0.15) is 16.9 Å². The monoisotopic (exact) mass is 509 g/mol. The lowest BCUT2D eigenvalue weighted by Gasteiger charge is -2.22. The first-order valence-electron chi connectivity index (χ1n) is 7.47. The highest BCUT2D eigenvalue weighted by molar-refractivity contribution is 8.09. The van der Waals surface area contributed by atoms with E-state index in [0.29, 0.717) is 18.6 Å². The maximum Gasteiger partial charge on any atom is 0.431 e. The molecule has 166 valence electrons. The van der Waals surface area contributed by atoms with E-state index in [9.17, 15) is 39.6 Å². The molecule has 1 aromatic carbocycles. The van der Waals surface area contributed by atoms with E-state index in [2.05, 4.69) is 0 Å². The Kier molecular flexibility index (Phi) is 6.13. The first kappa shape index (κ1) is 24.2. The lowest BCUT2D eigenvalue weighted by Crippen LogP contribution is -2.41. The largest absolute Gasteiger partial charge is 0.431 e. The number of sulfonamides is 2. The van der Waals surface area contributed by atoms with Crippen LogP contribution in [-0.4, -0.2) is 38.5 Å². The average Bonchev–Trinajstić information content (AvgIpc) is 2.51. The topological polar surface area (TPSA) is 116 Å². The number of aromatic nitrogens is 2. The summed E-state index contributed by atoms with van der Waals surface area (Å²) in [4.78, 5) is 24.7. The molecule has 0 radical (unpaired) electrons. The van der Waals surface area contributed by atoms with E-state index in [1.165, 1.54) is 0 Å². The van der Waals surface area contributed by atoms with Crippen molar-refractivity contribution >= 4 is 48.9 Å². The van der Waals surface area contributed by atoms with Crippen molar-refractivity contribution in [1.82, 2.24) is 9.13 Å². The van der Waals surface area contributed by atoms with Gasteiger partial charge in [-0.1, -0.05) is 23.2 Å². The van der Waals surface area contributed by atoms with E-state index in [0.717, 1.165) is 13.1 Å². The second-order valence-corrected chi connectivity index (χ2v) is 10.7. The summed E-state index contributed by atoms with van der Waals surface area (Å²) in [5.41, 5.74) is -5.70. The van der Waals surface area contributed by atoms with E-state index >= 15 is 0 Å². The number of hydrogen-bond acceptors (Lipinski definition) is 6. The van der Waals surface area contributed by atoms with Crippen molar-refractivity contribution in [2.45, 2.75) is 6.18 Å². The van der Waals surface area contributed by atoms with Crippen molar-refractivity contribution in [2.75, 3.05) is 16.2 Å². The molecule has 0 saturated heterocycles. The molecule has 0 unspecified atom stereocenters. The van der Waals surface area contributed by atoms with E-state index < -0.39 is 64.6 Å². The van der Waals surface area contributed by atoms with E-state index in [-0.39, 0.29) is 18.9 Å². The molecule has 0 aliphatic rings. The van der Waals surface area contributed by atoms with Crippen LogP contribution in [0.5, 0.6) is 0 Å². The zero-order valence-corrected chi connectivity index (χ0v) is 18.4. The lowest BCUT2D eigenvalue weighted by atomic mass is 10.2. The molecular formula is C14H12Cl2F3N3O6S2. The van der Waals surface area contributed by atoms with Crippen molar-refractivity contribution in [2.24, 2.45) is 7.05 Å². The Labute approximate surface area is 178 Å². The summed E-state index contributed by atoms with van der Waals surface area (Å²) in [6.45, 7) is 0. The molecule has 0 N–H and O–H groups in total. The molecule has 1 heterocycles. The van der Waals surface area contributed by atoms with Crippen LogP contribution in [0.1, 0.15) is 5.69 Å². The van der Waals surface area contributed by atoms with Gasteiger partial charge in [0, 0.05) is 13.1 Å². The molecule has 2 aromatic rings. The maximum absolute atomic E-state index is 13.0. The van der Waals surface area contributed by atoms with E-state index in [1.807, 2.05) is 0 Å². The van der Waals surface area contributed by atoms with Crippen molar-refractivity contribution < 1.29 is 30.0 Å². The molecule has 16 heteroatoms. The van der Waals surface area contributed by atoms with Crippen LogP contribution >= 0.6 is 23.2 Å². The van der Waals surface area contributed by atoms with Crippen LogP contribution in [0.2, 0.25) is 10.0 Å². The fourth-order valence-corrected chi connectivity index (χ4v) is 6.20. The number of alkyl halides is 3. The quantitative estimate of drug-likeness (QED) is 0.617. The van der Waals surface area contributed by atoms with Crippen LogP contribution in [0.15, 0.2) is 27.8 Å². The van der Waals surface area contributed by atoms with Crippen molar-refractivity contribution in [1.29, 1.82) is 0 Å². The molecule has 0 saturated carbocycles. The lowest BCUT2D eigenvalue weighted by molar-refractivity contribution is -0.144. The van der Waals surface area contributed by atoms with Crippen LogP contribution in [0, 0.1) is 0 Å². The van der Waals surface area contributed by atoms with Gasteiger partial charge in [0.15, 0.2) is 0 Å². The highest BCUT2D eigenvalue weighted by atomic mass is 35.5. The third-order valence-electron chi connectivity index (χ3n) is 3.67. The Balaban J connectivity index is 2.97. The van der Waals surface area contributed by atoms with Crippen LogP contribution in [0.25, 0.3) is 5.69 Å². The van der Waals surface area contributed by atoms with Gasteiger partial charge in [-0.05, 0) is 12.1 Å². The summed E-state index contributed by atoms with van der Waals surface area (Å²) < 4.78 is 87.3. The third-order valence-corrected chi connectivity index (χ3v) is 7.50. The molecule has 0 bridgehead atoms. The Morgan fingerprint density at radius 1 is 0.933 bits per heavy atom. The maximum atomic E-state index is 13.0. The molecule has 0 atom stereocenters. The van der Waals surface area contributed by atoms with Crippen LogP contribution in [-0.2, 0) is 33.3 Å². The number of benzene rings is 1. The fraction of sp³-hybridized carbons (Fsp3) is 0.286. The van der Waals surface area contributed by atoms with Gasteiger partial charge < -0.3 is 0 Å². The van der Waals surface area contributed by atoms with Gasteiger partial charge in [0.2, 0.25) is 20.0 Å². The number of hydrogen-bond donors (Lipinski definition) is 0. The molecule has 9 nitrogen and oxygen atoms in total. The molecule has 0 fully saturated rings. The first-order valence-corrected chi connectivity index (χ1v) is 11.9. The van der Waals surface area contributed by atoms with Crippen LogP contribution in [0.3, 0.4) is 0 Å². The summed E-state index contributed by atoms with van der Waals surface area (Å²) in [5, 5.41) is -0.902. The normalized spacial score (nSPS) is 12.8. The summed E-state index contributed by atoms with van der Waals surface area (Å²) in [6, 6.07) is 1.68. The van der Waals surface area contributed by atoms with Gasteiger partial charge >= 0.3 is 11.9 Å². The zero-order chi connectivity index (χ0) is 23.4. The molecule has 0 amide bonds. The smallest absolute Gasteiger partial charge is 0.292 e. The van der Waals surface area contributed by atoms with Gasteiger partial charge in [-0.25, -0.2) is 26.2 Å². The van der Waals surface area contributed by atoms with Crippen molar-refractivity contribution in [3.8, 4) is 5.69 Å². The van der Waals surface area contributed by atoms with Crippen molar-refractivity contribution in [3.05, 3.63) is 54.8 Å². The zero-order valence-electron chi connectivity index (χ0n) is 15.2. The van der Waals surface area contributed by atoms with Crippen LogP contribution < -0.4 is 15.0 Å². The van der Waals surface area contributed by atoms with Gasteiger partial charge in [0.05, 0.1) is 33.9 Å². The minimum Gasteiger partial charge on any atom is -0.292 e. The Bertz CT molecular complexity index is 1330. The third kappa shape index (κ3) is 4.50. The van der Waals surface area contributed by atoms with E-state index in [1.54, 1.807) is 0 Å². The summed E-state index contributed by atoms with van der Waals surface area (Å²) >= 11 is 11.9. The minimum absolute atomic E-state index is 0.0677. The SMILES string of the molecule is Cn1c(C(F)(F)F)cc(=O)n(-c2cc(N(S(C)(=O)=O)S(C)(=O)=O)c(Cl)cc2Cl)c1=O. The number of halogens is 5. The highest BCUT2D eigenvalue weighted by Gasteiger charge is 2.36. The summed E-state index contributed by atoms with van der Waals surface area (Å²) in [5.74, 6) is 0. The van der Waals surface area contributed by atoms with Gasteiger partial charge in [0.25, 0.3) is 5.56 Å². The summed E-state index contributed by atoms with van der Waals surface area (Å²) in [6.07, 6.45) is -3.89. The van der Waals surface area contributed by atoms with Crippen LogP contribution in [0.4, 0.5) is 18.9 Å². The Hall–Kier alpha value is -2.03. The van der Waals surface area contributed by atoms with Crippen molar-refractivity contribution in [3.63, 3.8) is 0 Å². The standard InChI is InChI=1S/C14H12Cl2F3N3O6S2/c1-20-11(14(17,18)19)6-12(23)21(13(20)24)9-5-10(8(16)4-7(9)15)22(29(2,25)26)30(3,27)28/h4-6H,1-3H3. The summed E-state index contributed by atoms with van der Waals surface area (Å²) in [7, 11) is -8.18. The molecule has 0 aliphatic heterocycles. The predicted octanol–water partition coefficient (Wildman–Crippen LogP) is 1.59. The first-order chi connectivity index (χ1) is 13.4. The predicted molar refractivity (Wildman–Crippen MR) is 104 cm³/mol. The average molecular weight is 510 g/mol. The Morgan fingerprint density at radius 3 is 1.87 bits per heavy atom. The molecule has 0 spiro atoms. The Morgan fingerprint density at radius 2 is 1.43 bits per heavy atom. The molecular weight excluding hydrogens is 498 g/mol. The van der Waals surface area contributed by atoms with Gasteiger partial charge in [-0.15, -0.1) is 0 Å². The second kappa shape index (κ2) is 7.59. The second-order valence-electron chi connectivity index (χ2n) is 6.02.